The quantitative estimate of drug-likeness (QED) is 0.662. The zero-order valence-corrected chi connectivity index (χ0v) is 6.60. The van der Waals surface area contributed by atoms with E-state index in [1.165, 1.54) is 0 Å². The molecule has 0 radical (unpaired) electrons. The van der Waals surface area contributed by atoms with Crippen molar-refractivity contribution in [2.75, 3.05) is 6.54 Å². The predicted octanol–water partition coefficient (Wildman–Crippen LogP) is 2.02. The second kappa shape index (κ2) is 4.00. The van der Waals surface area contributed by atoms with E-state index in [4.69, 9.17) is 5.73 Å². The van der Waals surface area contributed by atoms with Gasteiger partial charge < -0.3 is 5.73 Å². The van der Waals surface area contributed by atoms with Crippen molar-refractivity contribution in [1.29, 1.82) is 0 Å². The summed E-state index contributed by atoms with van der Waals surface area (Å²) in [5.74, 6) is -0.350. The Morgan fingerprint density at radius 3 is 2.36 bits per heavy atom. The van der Waals surface area contributed by atoms with Crippen molar-refractivity contribution >= 4 is 0 Å². The molecule has 1 rings (SSSR count). The first kappa shape index (κ1) is 8.91. The van der Waals surface area contributed by atoms with Gasteiger partial charge in [-0.05, 0) is 25.3 Å². The summed E-state index contributed by atoms with van der Waals surface area (Å²) in [4.78, 5) is 0. The minimum absolute atomic E-state index is 0.0729. The lowest BCUT2D eigenvalue weighted by Crippen LogP contribution is -2.31. The molecule has 0 saturated heterocycles. The first-order valence-electron chi connectivity index (χ1n) is 4.24. The molecule has 1 aliphatic rings. The van der Waals surface area contributed by atoms with Gasteiger partial charge in [-0.3, -0.25) is 0 Å². The second-order valence-electron chi connectivity index (χ2n) is 3.28. The first-order valence-corrected chi connectivity index (χ1v) is 4.24. The van der Waals surface area contributed by atoms with Gasteiger partial charge in [0.25, 0.3) is 0 Å². The molecule has 0 aromatic rings. The van der Waals surface area contributed by atoms with Crippen molar-refractivity contribution in [1.82, 2.24) is 0 Å². The van der Waals surface area contributed by atoms with E-state index < -0.39 is 12.3 Å². The molecule has 0 amide bonds. The van der Waals surface area contributed by atoms with Crippen molar-refractivity contribution < 1.29 is 8.78 Å². The highest BCUT2D eigenvalue weighted by molar-refractivity contribution is 4.77. The topological polar surface area (TPSA) is 26.0 Å². The van der Waals surface area contributed by atoms with Gasteiger partial charge in [-0.15, -0.1) is 0 Å². The van der Waals surface area contributed by atoms with Gasteiger partial charge in [-0.2, -0.15) is 0 Å². The van der Waals surface area contributed by atoms with E-state index in [1.54, 1.807) is 0 Å². The maximum Gasteiger partial charge on any atom is 0.241 e. The van der Waals surface area contributed by atoms with E-state index in [-0.39, 0.29) is 5.92 Å². The molecule has 0 unspecified atom stereocenters. The summed E-state index contributed by atoms with van der Waals surface area (Å²) in [6.45, 7) is 0.426. The molecule has 1 saturated carbocycles. The lowest BCUT2D eigenvalue weighted by molar-refractivity contribution is 0.0240. The first-order chi connectivity index (χ1) is 5.25. The normalized spacial score (nSPS) is 32.7. The van der Waals surface area contributed by atoms with Crippen LogP contribution in [0.25, 0.3) is 0 Å². The fourth-order valence-corrected chi connectivity index (χ4v) is 1.86. The zero-order chi connectivity index (χ0) is 8.27. The third-order valence-electron chi connectivity index (χ3n) is 2.59. The Morgan fingerprint density at radius 1 is 1.27 bits per heavy atom. The standard InChI is InChI=1S/C8H15F2N/c9-8(10)7-4-2-1-3-6(7)5-11/h6-8H,1-5,11H2/t6-,7+/m1/s1. The Morgan fingerprint density at radius 2 is 1.91 bits per heavy atom. The Labute approximate surface area is 66.0 Å². The number of rotatable bonds is 2. The molecule has 2 atom stereocenters. The smallest absolute Gasteiger partial charge is 0.241 e. The van der Waals surface area contributed by atoms with Crippen LogP contribution in [-0.4, -0.2) is 13.0 Å². The molecule has 66 valence electrons. The van der Waals surface area contributed by atoms with Crippen LogP contribution < -0.4 is 5.73 Å². The summed E-state index contributed by atoms with van der Waals surface area (Å²) in [5.41, 5.74) is 5.40. The lowest BCUT2D eigenvalue weighted by Gasteiger charge is -2.29. The Kier molecular flexibility index (Phi) is 3.24. The summed E-state index contributed by atoms with van der Waals surface area (Å²) < 4.78 is 24.6. The number of hydrogen-bond acceptors (Lipinski definition) is 1. The van der Waals surface area contributed by atoms with E-state index in [1.807, 2.05) is 0 Å². The summed E-state index contributed by atoms with van der Waals surface area (Å²) >= 11 is 0. The second-order valence-corrected chi connectivity index (χ2v) is 3.28. The Balaban J connectivity index is 2.44. The monoisotopic (exact) mass is 163 g/mol. The molecule has 3 heteroatoms. The third-order valence-corrected chi connectivity index (χ3v) is 2.59. The summed E-state index contributed by atoms with van der Waals surface area (Å²) in [5, 5.41) is 0. The molecule has 2 N–H and O–H groups in total. The zero-order valence-electron chi connectivity index (χ0n) is 6.60. The maximum absolute atomic E-state index is 12.3. The molecule has 1 aliphatic carbocycles. The van der Waals surface area contributed by atoms with Crippen LogP contribution in [0, 0.1) is 11.8 Å². The van der Waals surface area contributed by atoms with Crippen LogP contribution in [0.2, 0.25) is 0 Å². The highest BCUT2D eigenvalue weighted by atomic mass is 19.3. The average molecular weight is 163 g/mol. The maximum atomic E-state index is 12.3. The van der Waals surface area contributed by atoms with Crippen LogP contribution in [0.4, 0.5) is 8.78 Å². The van der Waals surface area contributed by atoms with Gasteiger partial charge in [0.05, 0.1) is 0 Å². The van der Waals surface area contributed by atoms with Crippen molar-refractivity contribution in [2.24, 2.45) is 17.6 Å². The van der Waals surface area contributed by atoms with E-state index in [9.17, 15) is 8.78 Å². The van der Waals surface area contributed by atoms with Crippen molar-refractivity contribution in [2.45, 2.75) is 32.1 Å². The van der Waals surface area contributed by atoms with Crippen LogP contribution in [0.3, 0.4) is 0 Å². The van der Waals surface area contributed by atoms with Gasteiger partial charge in [-0.25, -0.2) is 8.78 Å². The van der Waals surface area contributed by atoms with E-state index in [0.29, 0.717) is 13.0 Å². The van der Waals surface area contributed by atoms with Crippen LogP contribution in [-0.2, 0) is 0 Å². The Bertz CT molecular complexity index is 117. The van der Waals surface area contributed by atoms with Crippen LogP contribution in [0.5, 0.6) is 0 Å². The molecule has 0 heterocycles. The number of hydrogen-bond donors (Lipinski definition) is 1. The number of halogens is 2. The van der Waals surface area contributed by atoms with Gasteiger partial charge in [0.1, 0.15) is 0 Å². The van der Waals surface area contributed by atoms with E-state index >= 15 is 0 Å². The van der Waals surface area contributed by atoms with Gasteiger partial charge in [0.15, 0.2) is 0 Å². The van der Waals surface area contributed by atoms with Crippen molar-refractivity contribution in [3.05, 3.63) is 0 Å². The van der Waals surface area contributed by atoms with Gasteiger partial charge >= 0.3 is 0 Å². The predicted molar refractivity (Wildman–Crippen MR) is 40.5 cm³/mol. The largest absolute Gasteiger partial charge is 0.330 e. The van der Waals surface area contributed by atoms with Gasteiger partial charge in [0.2, 0.25) is 6.43 Å². The van der Waals surface area contributed by atoms with E-state index in [0.717, 1.165) is 19.3 Å². The molecule has 0 bridgehead atoms. The number of alkyl halides is 2. The Hall–Kier alpha value is -0.180. The highest BCUT2D eigenvalue weighted by Gasteiger charge is 2.30. The molecule has 1 nitrogen and oxygen atoms in total. The minimum Gasteiger partial charge on any atom is -0.330 e. The number of nitrogens with two attached hydrogens (primary N) is 1. The SMILES string of the molecule is NC[C@H]1CCCC[C@@H]1C(F)F. The van der Waals surface area contributed by atoms with Crippen molar-refractivity contribution in [3.63, 3.8) is 0 Å². The summed E-state index contributed by atoms with van der Waals surface area (Å²) in [7, 11) is 0. The fraction of sp³-hybridized carbons (Fsp3) is 1.00. The minimum atomic E-state index is -2.16. The molecule has 0 aromatic carbocycles. The molecule has 0 spiro atoms. The van der Waals surface area contributed by atoms with E-state index in [2.05, 4.69) is 0 Å². The molecule has 11 heavy (non-hydrogen) atoms. The molecule has 0 aliphatic heterocycles. The molecular formula is C8H15F2N. The summed E-state index contributed by atoms with van der Waals surface area (Å²) in [6, 6.07) is 0. The molecular weight excluding hydrogens is 148 g/mol. The third kappa shape index (κ3) is 2.12. The average Bonchev–Trinajstić information content (AvgIpc) is 2.04. The lowest BCUT2D eigenvalue weighted by atomic mass is 9.79. The van der Waals surface area contributed by atoms with Gasteiger partial charge in [-0.1, -0.05) is 12.8 Å². The van der Waals surface area contributed by atoms with Crippen LogP contribution in [0.1, 0.15) is 25.7 Å². The summed E-state index contributed by atoms with van der Waals surface area (Å²) in [6.07, 6.45) is 1.42. The van der Waals surface area contributed by atoms with Gasteiger partial charge in [0, 0.05) is 5.92 Å². The molecule has 1 fully saturated rings. The van der Waals surface area contributed by atoms with Crippen LogP contribution >= 0.6 is 0 Å². The van der Waals surface area contributed by atoms with Crippen LogP contribution in [0.15, 0.2) is 0 Å². The fourth-order valence-electron chi connectivity index (χ4n) is 1.86. The molecule has 0 aromatic heterocycles. The highest BCUT2D eigenvalue weighted by Crippen LogP contribution is 2.33. The van der Waals surface area contributed by atoms with Crippen molar-refractivity contribution in [3.8, 4) is 0 Å².